The van der Waals surface area contributed by atoms with Crippen molar-refractivity contribution in [3.8, 4) is 10.6 Å². The average Bonchev–Trinajstić information content (AvgIpc) is 3.23. The first kappa shape index (κ1) is 21.6. The molecule has 0 bridgehead atoms. The standard InChI is InChI=1S/C18H21N5OS.2ClH/c1-11-16-13(18(24)23-7-5-12(19)6-8-23)10-14(15-4-3-9-25-15)20-17(16)22(2)21-11;;/h3-4,9-10,12H,5-8,19H2,1-2H3;2*1H. The largest absolute Gasteiger partial charge is 0.339 e. The third-order valence-electron chi connectivity index (χ3n) is 4.80. The van der Waals surface area contributed by atoms with Gasteiger partial charge in [-0.25, -0.2) is 4.98 Å². The molecule has 0 atom stereocenters. The Labute approximate surface area is 174 Å². The first-order valence-corrected chi connectivity index (χ1v) is 9.35. The van der Waals surface area contributed by atoms with E-state index in [9.17, 15) is 4.79 Å². The molecule has 3 aromatic rings. The molecule has 1 aliphatic rings. The number of likely N-dealkylation sites (tertiary alicyclic amines) is 1. The molecule has 1 amide bonds. The summed E-state index contributed by atoms with van der Waals surface area (Å²) in [6, 6.07) is 6.13. The summed E-state index contributed by atoms with van der Waals surface area (Å²) in [4.78, 5) is 20.9. The van der Waals surface area contributed by atoms with Crippen LogP contribution in [0.4, 0.5) is 0 Å². The van der Waals surface area contributed by atoms with Crippen molar-refractivity contribution in [3.05, 3.63) is 34.8 Å². The number of halogens is 2. The lowest BCUT2D eigenvalue weighted by atomic mass is 10.0. The van der Waals surface area contributed by atoms with Crippen molar-refractivity contribution in [1.82, 2.24) is 19.7 Å². The molecule has 0 aliphatic carbocycles. The predicted molar refractivity (Wildman–Crippen MR) is 114 cm³/mol. The maximum Gasteiger partial charge on any atom is 0.254 e. The third-order valence-corrected chi connectivity index (χ3v) is 5.69. The van der Waals surface area contributed by atoms with E-state index in [2.05, 4.69) is 5.10 Å². The Morgan fingerprint density at radius 3 is 2.63 bits per heavy atom. The lowest BCUT2D eigenvalue weighted by Gasteiger charge is -2.30. The highest BCUT2D eigenvalue weighted by molar-refractivity contribution is 7.13. The van der Waals surface area contributed by atoms with E-state index in [1.165, 1.54) is 0 Å². The number of amides is 1. The number of rotatable bonds is 2. The second kappa shape index (κ2) is 8.56. The van der Waals surface area contributed by atoms with Gasteiger partial charge in [-0.05, 0) is 37.3 Å². The Kier molecular flexibility index (Phi) is 6.86. The van der Waals surface area contributed by atoms with E-state index in [-0.39, 0.29) is 36.8 Å². The van der Waals surface area contributed by atoms with Gasteiger partial charge in [0, 0.05) is 26.2 Å². The molecule has 0 unspecified atom stereocenters. The highest BCUT2D eigenvalue weighted by Gasteiger charge is 2.26. The van der Waals surface area contributed by atoms with Gasteiger partial charge in [0.05, 0.1) is 27.2 Å². The monoisotopic (exact) mass is 427 g/mol. The number of carbonyl (C=O) groups is 1. The average molecular weight is 428 g/mol. The van der Waals surface area contributed by atoms with E-state index in [4.69, 9.17) is 10.7 Å². The molecule has 2 N–H and O–H groups in total. The van der Waals surface area contributed by atoms with Crippen LogP contribution in [0.25, 0.3) is 21.6 Å². The van der Waals surface area contributed by atoms with Crippen LogP contribution in [0.3, 0.4) is 0 Å². The predicted octanol–water partition coefficient (Wildman–Crippen LogP) is 3.41. The lowest BCUT2D eigenvalue weighted by molar-refractivity contribution is 0.0716. The van der Waals surface area contributed by atoms with Gasteiger partial charge in [-0.3, -0.25) is 9.48 Å². The highest BCUT2D eigenvalue weighted by atomic mass is 35.5. The summed E-state index contributed by atoms with van der Waals surface area (Å²) in [5.41, 5.74) is 9.08. The number of aromatic nitrogens is 3. The van der Waals surface area contributed by atoms with Crippen molar-refractivity contribution < 1.29 is 4.79 Å². The molecule has 0 radical (unpaired) electrons. The van der Waals surface area contributed by atoms with E-state index in [1.54, 1.807) is 16.0 Å². The van der Waals surface area contributed by atoms with Gasteiger partial charge < -0.3 is 10.6 Å². The molecule has 1 aliphatic heterocycles. The normalized spacial score (nSPS) is 14.7. The van der Waals surface area contributed by atoms with Gasteiger partial charge in [0.25, 0.3) is 5.91 Å². The number of aryl methyl sites for hydroxylation is 2. The van der Waals surface area contributed by atoms with E-state index in [0.717, 1.165) is 40.1 Å². The lowest BCUT2D eigenvalue weighted by Crippen LogP contribution is -2.42. The second-order valence-electron chi connectivity index (χ2n) is 6.57. The van der Waals surface area contributed by atoms with E-state index in [1.807, 2.05) is 42.5 Å². The minimum absolute atomic E-state index is 0. The molecule has 0 spiro atoms. The molecule has 4 rings (SSSR count). The van der Waals surface area contributed by atoms with Crippen molar-refractivity contribution in [2.24, 2.45) is 12.8 Å². The molecule has 27 heavy (non-hydrogen) atoms. The van der Waals surface area contributed by atoms with Crippen molar-refractivity contribution in [3.63, 3.8) is 0 Å². The number of nitrogens with zero attached hydrogens (tertiary/aromatic N) is 4. The molecule has 1 saturated heterocycles. The number of fused-ring (bicyclic) bond motifs is 1. The van der Waals surface area contributed by atoms with Gasteiger partial charge in [-0.15, -0.1) is 36.2 Å². The number of piperidine rings is 1. The van der Waals surface area contributed by atoms with Crippen molar-refractivity contribution >= 4 is 53.1 Å². The van der Waals surface area contributed by atoms with Crippen LogP contribution in [0.15, 0.2) is 23.6 Å². The molecular weight excluding hydrogens is 405 g/mol. The Balaban J connectivity index is 0.00000131. The zero-order valence-electron chi connectivity index (χ0n) is 15.2. The summed E-state index contributed by atoms with van der Waals surface area (Å²) in [7, 11) is 1.87. The van der Waals surface area contributed by atoms with Crippen LogP contribution in [0.2, 0.25) is 0 Å². The fourth-order valence-electron chi connectivity index (χ4n) is 3.44. The van der Waals surface area contributed by atoms with E-state index >= 15 is 0 Å². The van der Waals surface area contributed by atoms with E-state index in [0.29, 0.717) is 18.7 Å². The van der Waals surface area contributed by atoms with Gasteiger partial charge in [0.2, 0.25) is 0 Å². The first-order valence-electron chi connectivity index (χ1n) is 8.47. The van der Waals surface area contributed by atoms with E-state index < -0.39 is 0 Å². The van der Waals surface area contributed by atoms with Crippen LogP contribution < -0.4 is 5.73 Å². The molecule has 0 aromatic carbocycles. The number of nitrogens with two attached hydrogens (primary N) is 1. The Morgan fingerprint density at radius 2 is 2.00 bits per heavy atom. The van der Waals surface area contributed by atoms with Crippen LogP contribution in [-0.2, 0) is 7.05 Å². The maximum absolute atomic E-state index is 13.2. The zero-order chi connectivity index (χ0) is 17.6. The van der Waals surface area contributed by atoms with Crippen LogP contribution in [0.1, 0.15) is 28.9 Å². The molecule has 1 fully saturated rings. The Morgan fingerprint density at radius 1 is 1.30 bits per heavy atom. The molecular formula is C18H23Cl2N5OS. The summed E-state index contributed by atoms with van der Waals surface area (Å²) in [6.07, 6.45) is 1.70. The summed E-state index contributed by atoms with van der Waals surface area (Å²) in [5.74, 6) is 0.0493. The topological polar surface area (TPSA) is 77.0 Å². The van der Waals surface area contributed by atoms with Crippen LogP contribution in [-0.4, -0.2) is 44.7 Å². The molecule has 146 valence electrons. The second-order valence-corrected chi connectivity index (χ2v) is 7.52. The van der Waals surface area contributed by atoms with Gasteiger partial charge in [0.1, 0.15) is 0 Å². The van der Waals surface area contributed by atoms with Crippen LogP contribution >= 0.6 is 36.2 Å². The summed E-state index contributed by atoms with van der Waals surface area (Å²) in [6.45, 7) is 3.34. The van der Waals surface area contributed by atoms with Crippen LogP contribution in [0.5, 0.6) is 0 Å². The SMILES string of the molecule is Cc1nn(C)c2nc(-c3cccs3)cc(C(=O)N3CCC(N)CC3)c12.Cl.Cl. The number of hydrogen-bond acceptors (Lipinski definition) is 5. The third kappa shape index (κ3) is 3.96. The van der Waals surface area contributed by atoms with Gasteiger partial charge in [-0.1, -0.05) is 6.07 Å². The summed E-state index contributed by atoms with van der Waals surface area (Å²) in [5, 5.41) is 7.35. The molecule has 0 saturated carbocycles. The van der Waals surface area contributed by atoms with Gasteiger partial charge in [0.15, 0.2) is 5.65 Å². The van der Waals surface area contributed by atoms with Crippen molar-refractivity contribution in [2.75, 3.05) is 13.1 Å². The van der Waals surface area contributed by atoms with Crippen molar-refractivity contribution in [2.45, 2.75) is 25.8 Å². The number of pyridine rings is 1. The minimum Gasteiger partial charge on any atom is -0.339 e. The molecule has 3 aromatic heterocycles. The molecule has 9 heteroatoms. The minimum atomic E-state index is 0. The highest BCUT2D eigenvalue weighted by Crippen LogP contribution is 2.30. The molecule has 4 heterocycles. The summed E-state index contributed by atoms with van der Waals surface area (Å²) >= 11 is 1.62. The molecule has 6 nitrogen and oxygen atoms in total. The van der Waals surface area contributed by atoms with Crippen molar-refractivity contribution in [1.29, 1.82) is 0 Å². The first-order chi connectivity index (χ1) is 12.0. The number of hydrogen-bond donors (Lipinski definition) is 1. The quantitative estimate of drug-likeness (QED) is 0.679. The van der Waals surface area contributed by atoms with Crippen LogP contribution in [0, 0.1) is 6.92 Å². The number of carbonyl (C=O) groups excluding carboxylic acids is 1. The summed E-state index contributed by atoms with van der Waals surface area (Å²) < 4.78 is 1.75. The zero-order valence-corrected chi connectivity index (χ0v) is 17.7. The maximum atomic E-state index is 13.2. The smallest absolute Gasteiger partial charge is 0.254 e. The van der Waals surface area contributed by atoms with Gasteiger partial charge >= 0.3 is 0 Å². The number of thiophene rings is 1. The van der Waals surface area contributed by atoms with Gasteiger partial charge in [-0.2, -0.15) is 5.10 Å². The Bertz CT molecular complexity index is 933. The Hall–Kier alpha value is -1.67. The fourth-order valence-corrected chi connectivity index (χ4v) is 4.12. The fraction of sp³-hybridized carbons (Fsp3) is 0.389.